The van der Waals surface area contributed by atoms with Gasteiger partial charge < -0.3 is 9.84 Å². The Morgan fingerprint density at radius 1 is 1.15 bits per heavy atom. The highest BCUT2D eigenvalue weighted by atomic mass is 16.5. The Bertz CT molecular complexity index is 498. The number of methoxy groups -OCH3 is 1. The van der Waals surface area contributed by atoms with Crippen molar-refractivity contribution in [3.63, 3.8) is 0 Å². The van der Waals surface area contributed by atoms with Gasteiger partial charge in [0.15, 0.2) is 0 Å². The molecule has 0 heterocycles. The molecule has 0 bridgehead atoms. The van der Waals surface area contributed by atoms with Crippen LogP contribution in [0.25, 0.3) is 0 Å². The number of rotatable bonds is 4. The number of hydrogen-bond acceptors (Lipinski definition) is 4. The van der Waals surface area contributed by atoms with E-state index in [1.165, 1.54) is 12.1 Å². The van der Waals surface area contributed by atoms with Crippen molar-refractivity contribution in [3.05, 3.63) is 35.9 Å². The highest BCUT2D eigenvalue weighted by Gasteiger charge is 2.38. The molecule has 0 fully saturated rings. The molecule has 6 heteroatoms. The van der Waals surface area contributed by atoms with Gasteiger partial charge in [0.2, 0.25) is 0 Å². The number of amides is 2. The van der Waals surface area contributed by atoms with Crippen LogP contribution in [0.3, 0.4) is 0 Å². The van der Waals surface area contributed by atoms with E-state index in [4.69, 9.17) is 0 Å². The Hall–Kier alpha value is -2.37. The Morgan fingerprint density at radius 3 is 2.10 bits per heavy atom. The van der Waals surface area contributed by atoms with Crippen LogP contribution in [0.2, 0.25) is 0 Å². The van der Waals surface area contributed by atoms with E-state index in [1.54, 1.807) is 32.0 Å². The summed E-state index contributed by atoms with van der Waals surface area (Å²) in [4.78, 5) is 36.1. The molecular formula is C14H17NO5. The minimum absolute atomic E-state index is 0.227. The number of benzene rings is 1. The molecule has 6 nitrogen and oxygen atoms in total. The Morgan fingerprint density at radius 2 is 1.70 bits per heavy atom. The van der Waals surface area contributed by atoms with Crippen molar-refractivity contribution in [3.8, 4) is 0 Å². The van der Waals surface area contributed by atoms with E-state index in [1.807, 2.05) is 0 Å². The van der Waals surface area contributed by atoms with Gasteiger partial charge in [0.05, 0.1) is 7.11 Å². The zero-order valence-corrected chi connectivity index (χ0v) is 11.6. The number of carboxylic acids is 1. The maximum atomic E-state index is 12.4. The molecule has 0 aromatic heterocycles. The van der Waals surface area contributed by atoms with Gasteiger partial charge in [-0.25, -0.2) is 14.5 Å². The van der Waals surface area contributed by atoms with Gasteiger partial charge in [0.25, 0.3) is 5.91 Å². The van der Waals surface area contributed by atoms with Crippen molar-refractivity contribution in [2.24, 2.45) is 5.92 Å². The number of aliphatic carboxylic acids is 1. The van der Waals surface area contributed by atoms with Gasteiger partial charge in [-0.2, -0.15) is 0 Å². The summed E-state index contributed by atoms with van der Waals surface area (Å²) in [5.74, 6) is -2.40. The molecule has 1 rings (SSSR count). The molecule has 1 atom stereocenters. The van der Waals surface area contributed by atoms with Gasteiger partial charge in [-0.3, -0.25) is 4.79 Å². The quantitative estimate of drug-likeness (QED) is 0.911. The second-order valence-electron chi connectivity index (χ2n) is 4.54. The molecule has 0 aliphatic heterocycles. The molecule has 0 radical (unpaired) electrons. The van der Waals surface area contributed by atoms with Gasteiger partial charge in [-0.1, -0.05) is 32.0 Å². The van der Waals surface area contributed by atoms with Crippen LogP contribution in [-0.2, 0) is 9.53 Å². The van der Waals surface area contributed by atoms with Crippen molar-refractivity contribution in [2.75, 3.05) is 7.11 Å². The van der Waals surface area contributed by atoms with Crippen molar-refractivity contribution in [1.29, 1.82) is 0 Å². The van der Waals surface area contributed by atoms with E-state index in [2.05, 4.69) is 4.74 Å². The summed E-state index contributed by atoms with van der Waals surface area (Å²) in [5.41, 5.74) is 0.227. The average Bonchev–Trinajstić information content (AvgIpc) is 2.43. The molecule has 1 N–H and O–H groups in total. The van der Waals surface area contributed by atoms with E-state index >= 15 is 0 Å². The molecule has 108 valence electrons. The second-order valence-corrected chi connectivity index (χ2v) is 4.54. The van der Waals surface area contributed by atoms with Crippen LogP contribution in [0, 0.1) is 5.92 Å². The number of ether oxygens (including phenoxy) is 1. The SMILES string of the molecule is COC(=O)N(C(=O)c1ccccc1)C(C(=O)O)C(C)C. The maximum Gasteiger partial charge on any atom is 0.417 e. The fraction of sp³-hybridized carbons (Fsp3) is 0.357. The zero-order chi connectivity index (χ0) is 15.3. The Kier molecular flexibility index (Phi) is 5.25. The molecule has 20 heavy (non-hydrogen) atoms. The second kappa shape index (κ2) is 6.70. The zero-order valence-electron chi connectivity index (χ0n) is 11.6. The number of hydrogen-bond donors (Lipinski definition) is 1. The van der Waals surface area contributed by atoms with E-state index in [9.17, 15) is 19.5 Å². The smallest absolute Gasteiger partial charge is 0.417 e. The largest absolute Gasteiger partial charge is 0.480 e. The van der Waals surface area contributed by atoms with Crippen molar-refractivity contribution >= 4 is 18.0 Å². The third-order valence-electron chi connectivity index (χ3n) is 2.77. The number of imide groups is 1. The molecule has 0 aliphatic carbocycles. The predicted octanol–water partition coefficient (Wildman–Crippen LogP) is 2.00. The lowest BCUT2D eigenvalue weighted by Gasteiger charge is -2.28. The lowest BCUT2D eigenvalue weighted by molar-refractivity contribution is -0.143. The first kappa shape index (κ1) is 15.7. The van der Waals surface area contributed by atoms with Gasteiger partial charge in [0, 0.05) is 5.56 Å². The van der Waals surface area contributed by atoms with E-state index < -0.39 is 29.9 Å². The molecule has 2 amide bonds. The lowest BCUT2D eigenvalue weighted by atomic mass is 10.0. The Balaban J connectivity index is 3.22. The normalized spacial score (nSPS) is 11.8. The summed E-state index contributed by atoms with van der Waals surface area (Å²) in [6, 6.07) is 6.72. The predicted molar refractivity (Wildman–Crippen MR) is 71.3 cm³/mol. The third kappa shape index (κ3) is 3.34. The lowest BCUT2D eigenvalue weighted by Crippen LogP contribution is -2.51. The molecule has 0 spiro atoms. The number of carboxylic acid groups (broad SMARTS) is 1. The van der Waals surface area contributed by atoms with Crippen LogP contribution in [0.15, 0.2) is 30.3 Å². The van der Waals surface area contributed by atoms with E-state index in [0.29, 0.717) is 4.90 Å². The van der Waals surface area contributed by atoms with Crippen LogP contribution in [0.5, 0.6) is 0 Å². The maximum absolute atomic E-state index is 12.4. The highest BCUT2D eigenvalue weighted by Crippen LogP contribution is 2.16. The van der Waals surface area contributed by atoms with E-state index in [0.717, 1.165) is 7.11 Å². The summed E-state index contributed by atoms with van der Waals surface area (Å²) in [6.07, 6.45) is -0.986. The minimum Gasteiger partial charge on any atom is -0.480 e. The van der Waals surface area contributed by atoms with Crippen molar-refractivity contribution in [1.82, 2.24) is 4.90 Å². The van der Waals surface area contributed by atoms with Crippen LogP contribution in [0.4, 0.5) is 4.79 Å². The molecule has 0 aliphatic rings. The molecular weight excluding hydrogens is 262 g/mol. The molecule has 0 saturated carbocycles. The van der Waals surface area contributed by atoms with Gasteiger partial charge in [-0.15, -0.1) is 0 Å². The first-order valence-corrected chi connectivity index (χ1v) is 6.09. The average molecular weight is 279 g/mol. The van der Waals surface area contributed by atoms with Crippen LogP contribution in [-0.4, -0.2) is 41.1 Å². The van der Waals surface area contributed by atoms with Crippen LogP contribution < -0.4 is 0 Å². The highest BCUT2D eigenvalue weighted by molar-refractivity contribution is 6.05. The number of nitrogens with zero attached hydrogens (tertiary/aromatic N) is 1. The fourth-order valence-electron chi connectivity index (χ4n) is 1.83. The third-order valence-corrected chi connectivity index (χ3v) is 2.77. The monoisotopic (exact) mass is 279 g/mol. The summed E-state index contributed by atoms with van der Waals surface area (Å²) >= 11 is 0. The molecule has 0 saturated heterocycles. The van der Waals surface area contributed by atoms with Crippen molar-refractivity contribution in [2.45, 2.75) is 19.9 Å². The first-order valence-electron chi connectivity index (χ1n) is 6.09. The standard InChI is InChI=1S/C14H17NO5/c1-9(2)11(13(17)18)15(14(19)20-3)12(16)10-7-5-4-6-8-10/h4-9,11H,1-3H3,(H,17,18). The van der Waals surface area contributed by atoms with Crippen molar-refractivity contribution < 1.29 is 24.2 Å². The number of carbonyl (C=O) groups excluding carboxylic acids is 2. The van der Waals surface area contributed by atoms with E-state index in [-0.39, 0.29) is 5.56 Å². The van der Waals surface area contributed by atoms with Crippen LogP contribution in [0.1, 0.15) is 24.2 Å². The van der Waals surface area contributed by atoms with Crippen LogP contribution >= 0.6 is 0 Å². The summed E-state index contributed by atoms with van der Waals surface area (Å²) in [7, 11) is 1.10. The molecule has 1 aromatic carbocycles. The van der Waals surface area contributed by atoms with Gasteiger partial charge in [0.1, 0.15) is 6.04 Å². The Labute approximate surface area is 117 Å². The summed E-state index contributed by atoms with van der Waals surface area (Å²) < 4.78 is 4.54. The minimum atomic E-state index is -1.28. The molecule has 1 unspecified atom stereocenters. The summed E-state index contributed by atoms with van der Waals surface area (Å²) in [5, 5.41) is 9.25. The topological polar surface area (TPSA) is 83.9 Å². The number of carbonyl (C=O) groups is 3. The summed E-state index contributed by atoms with van der Waals surface area (Å²) in [6.45, 7) is 3.24. The van der Waals surface area contributed by atoms with Gasteiger partial charge in [-0.05, 0) is 18.1 Å². The first-order chi connectivity index (χ1) is 9.40. The molecule has 1 aromatic rings. The fourth-order valence-corrected chi connectivity index (χ4v) is 1.83. The van der Waals surface area contributed by atoms with Gasteiger partial charge >= 0.3 is 12.1 Å².